The van der Waals surface area contributed by atoms with Gasteiger partial charge in [-0.25, -0.2) is 4.79 Å². The van der Waals surface area contributed by atoms with E-state index in [-0.39, 0.29) is 5.92 Å². The second-order valence-corrected chi connectivity index (χ2v) is 3.38. The minimum Gasteiger partial charge on any atom is -0.479 e. The van der Waals surface area contributed by atoms with Crippen LogP contribution in [0.25, 0.3) is 0 Å². The van der Waals surface area contributed by atoms with Gasteiger partial charge in [0.15, 0.2) is 6.10 Å². The van der Waals surface area contributed by atoms with Gasteiger partial charge < -0.3 is 14.6 Å². The van der Waals surface area contributed by atoms with Gasteiger partial charge >= 0.3 is 5.97 Å². The Morgan fingerprint density at radius 3 is 3.00 bits per heavy atom. The van der Waals surface area contributed by atoms with Crippen LogP contribution in [0.15, 0.2) is 0 Å². The fraction of sp³-hybridized carbons (Fsp3) is 0.875. The van der Waals surface area contributed by atoms with E-state index in [9.17, 15) is 4.79 Å². The first-order valence-corrected chi connectivity index (χ1v) is 4.21. The third-order valence-corrected chi connectivity index (χ3v) is 2.66. The van der Waals surface area contributed by atoms with Gasteiger partial charge in [-0.05, 0) is 6.42 Å². The molecule has 2 aliphatic rings. The van der Waals surface area contributed by atoms with E-state index in [2.05, 4.69) is 0 Å². The average molecular weight is 172 g/mol. The van der Waals surface area contributed by atoms with E-state index in [0.717, 1.165) is 6.42 Å². The molecule has 4 heteroatoms. The summed E-state index contributed by atoms with van der Waals surface area (Å²) < 4.78 is 10.4. The van der Waals surface area contributed by atoms with E-state index in [1.165, 1.54) is 0 Å². The molecule has 12 heavy (non-hydrogen) atoms. The molecule has 0 aliphatic carbocycles. The van der Waals surface area contributed by atoms with Gasteiger partial charge in [-0.1, -0.05) is 0 Å². The number of rotatable bonds is 1. The van der Waals surface area contributed by atoms with Crippen molar-refractivity contribution in [1.29, 1.82) is 0 Å². The molecule has 68 valence electrons. The summed E-state index contributed by atoms with van der Waals surface area (Å²) in [5, 5.41) is 8.79. The topological polar surface area (TPSA) is 55.8 Å². The smallest absolute Gasteiger partial charge is 0.333 e. The highest BCUT2D eigenvalue weighted by Crippen LogP contribution is 2.33. The lowest BCUT2D eigenvalue weighted by Gasteiger charge is -2.25. The van der Waals surface area contributed by atoms with Crippen molar-refractivity contribution < 1.29 is 19.4 Å². The molecule has 4 nitrogen and oxygen atoms in total. The summed E-state index contributed by atoms with van der Waals surface area (Å²) in [5.41, 5.74) is 0. The second-order valence-electron chi connectivity index (χ2n) is 3.38. The summed E-state index contributed by atoms with van der Waals surface area (Å²) in [5.74, 6) is -0.347. The maximum absolute atomic E-state index is 10.7. The third kappa shape index (κ3) is 1.21. The van der Waals surface area contributed by atoms with Crippen molar-refractivity contribution in [3.05, 3.63) is 0 Å². The van der Waals surface area contributed by atoms with E-state index in [4.69, 9.17) is 14.6 Å². The number of carboxylic acid groups (broad SMARTS) is 1. The van der Waals surface area contributed by atoms with E-state index in [1.807, 2.05) is 0 Å². The second kappa shape index (κ2) is 3.03. The van der Waals surface area contributed by atoms with Crippen LogP contribution in [-0.4, -0.2) is 37.0 Å². The highest BCUT2D eigenvalue weighted by atomic mass is 16.5. The Bertz CT molecular complexity index is 191. The lowest BCUT2D eigenvalue weighted by atomic mass is 9.87. The Hall–Kier alpha value is -0.610. The summed E-state index contributed by atoms with van der Waals surface area (Å²) in [4.78, 5) is 10.7. The van der Waals surface area contributed by atoms with Crippen molar-refractivity contribution in [2.75, 3.05) is 19.8 Å². The molecule has 0 aromatic rings. The third-order valence-electron chi connectivity index (χ3n) is 2.66. The van der Waals surface area contributed by atoms with Crippen LogP contribution in [0.1, 0.15) is 6.42 Å². The molecule has 0 amide bonds. The van der Waals surface area contributed by atoms with E-state index in [1.54, 1.807) is 0 Å². The maximum Gasteiger partial charge on any atom is 0.333 e. The van der Waals surface area contributed by atoms with Crippen molar-refractivity contribution in [2.45, 2.75) is 12.5 Å². The number of hydrogen-bond acceptors (Lipinski definition) is 3. The SMILES string of the molecule is O=C(O)[C@@H]1OC[C@@H]2COCC[C@@H]21. The van der Waals surface area contributed by atoms with Gasteiger partial charge in [-0.2, -0.15) is 0 Å². The number of carbonyl (C=O) groups is 1. The molecule has 2 aliphatic heterocycles. The van der Waals surface area contributed by atoms with Crippen LogP contribution in [-0.2, 0) is 14.3 Å². The Labute approximate surface area is 70.5 Å². The Kier molecular flexibility index (Phi) is 2.02. The molecule has 3 atom stereocenters. The van der Waals surface area contributed by atoms with Crippen molar-refractivity contribution in [1.82, 2.24) is 0 Å². The largest absolute Gasteiger partial charge is 0.479 e. The van der Waals surface area contributed by atoms with Crippen LogP contribution in [0.3, 0.4) is 0 Å². The molecule has 0 saturated carbocycles. The first kappa shape index (κ1) is 8.01. The number of ether oxygens (including phenoxy) is 2. The minimum absolute atomic E-state index is 0.177. The molecule has 0 spiro atoms. The first-order chi connectivity index (χ1) is 5.79. The lowest BCUT2D eigenvalue weighted by molar-refractivity contribution is -0.149. The number of fused-ring (bicyclic) bond motifs is 1. The minimum atomic E-state index is -0.829. The molecular formula is C8H12O4. The summed E-state index contributed by atoms with van der Waals surface area (Å²) in [6.45, 7) is 1.88. The molecule has 2 rings (SSSR count). The molecule has 0 aromatic carbocycles. The van der Waals surface area contributed by atoms with Gasteiger partial charge in [0.1, 0.15) is 0 Å². The van der Waals surface area contributed by atoms with Gasteiger partial charge in [0.25, 0.3) is 0 Å². The molecule has 2 heterocycles. The van der Waals surface area contributed by atoms with E-state index < -0.39 is 12.1 Å². The normalized spacial score (nSPS) is 40.8. The summed E-state index contributed by atoms with van der Waals surface area (Å²) in [6.07, 6.45) is 0.237. The maximum atomic E-state index is 10.7. The van der Waals surface area contributed by atoms with E-state index in [0.29, 0.717) is 25.7 Å². The van der Waals surface area contributed by atoms with Gasteiger partial charge in [0.05, 0.1) is 13.2 Å². The van der Waals surface area contributed by atoms with Crippen LogP contribution in [0.2, 0.25) is 0 Å². The standard InChI is InChI=1S/C8H12O4/c9-8(10)7-6-1-2-11-3-5(6)4-12-7/h5-7H,1-4H2,(H,9,10)/t5-,6-,7+/m0/s1. The van der Waals surface area contributed by atoms with Gasteiger partial charge in [-0.3, -0.25) is 0 Å². The quantitative estimate of drug-likeness (QED) is 0.610. The lowest BCUT2D eigenvalue weighted by Crippen LogP contribution is -2.34. The first-order valence-electron chi connectivity index (χ1n) is 4.21. The van der Waals surface area contributed by atoms with Crippen LogP contribution in [0, 0.1) is 11.8 Å². The summed E-state index contributed by atoms with van der Waals surface area (Å²) >= 11 is 0. The predicted octanol–water partition coefficient (Wildman–Crippen LogP) is 0.122. The number of carboxylic acids is 1. The Morgan fingerprint density at radius 1 is 1.42 bits per heavy atom. The highest BCUT2D eigenvalue weighted by molar-refractivity contribution is 5.73. The molecule has 0 bridgehead atoms. The van der Waals surface area contributed by atoms with Crippen molar-refractivity contribution >= 4 is 5.97 Å². The molecule has 0 aromatic heterocycles. The molecule has 2 fully saturated rings. The molecule has 0 unspecified atom stereocenters. The number of hydrogen-bond donors (Lipinski definition) is 1. The van der Waals surface area contributed by atoms with Crippen LogP contribution in [0.5, 0.6) is 0 Å². The molecule has 2 saturated heterocycles. The van der Waals surface area contributed by atoms with Crippen LogP contribution >= 0.6 is 0 Å². The average Bonchev–Trinajstić information content (AvgIpc) is 2.47. The summed E-state index contributed by atoms with van der Waals surface area (Å²) in [6, 6.07) is 0. The Morgan fingerprint density at radius 2 is 2.25 bits per heavy atom. The molecule has 0 radical (unpaired) electrons. The van der Waals surface area contributed by atoms with E-state index >= 15 is 0 Å². The van der Waals surface area contributed by atoms with Crippen molar-refractivity contribution in [3.63, 3.8) is 0 Å². The van der Waals surface area contributed by atoms with Crippen LogP contribution in [0.4, 0.5) is 0 Å². The number of aliphatic carboxylic acids is 1. The fourth-order valence-corrected chi connectivity index (χ4v) is 1.99. The van der Waals surface area contributed by atoms with Crippen molar-refractivity contribution in [2.24, 2.45) is 11.8 Å². The monoisotopic (exact) mass is 172 g/mol. The van der Waals surface area contributed by atoms with Gasteiger partial charge in [-0.15, -0.1) is 0 Å². The predicted molar refractivity (Wildman–Crippen MR) is 39.8 cm³/mol. The molecule has 1 N–H and O–H groups in total. The zero-order chi connectivity index (χ0) is 8.55. The zero-order valence-electron chi connectivity index (χ0n) is 6.73. The highest BCUT2D eigenvalue weighted by Gasteiger charge is 2.42. The van der Waals surface area contributed by atoms with Gasteiger partial charge in [0.2, 0.25) is 0 Å². The summed E-state index contributed by atoms with van der Waals surface area (Å²) in [7, 11) is 0. The molecular weight excluding hydrogens is 160 g/mol. The van der Waals surface area contributed by atoms with Crippen LogP contribution < -0.4 is 0 Å². The fourth-order valence-electron chi connectivity index (χ4n) is 1.99. The Balaban J connectivity index is 2.05. The van der Waals surface area contributed by atoms with Crippen molar-refractivity contribution in [3.8, 4) is 0 Å². The van der Waals surface area contributed by atoms with Gasteiger partial charge in [0, 0.05) is 18.4 Å². The zero-order valence-corrected chi connectivity index (χ0v) is 6.73.